The number of pyridine rings is 1. The van der Waals surface area contributed by atoms with Crippen molar-refractivity contribution in [2.75, 3.05) is 43.1 Å². The molecule has 1 aliphatic heterocycles. The summed E-state index contributed by atoms with van der Waals surface area (Å²) in [6, 6.07) is 7.22. The van der Waals surface area contributed by atoms with Gasteiger partial charge in [0.25, 0.3) is 11.8 Å². The van der Waals surface area contributed by atoms with Crippen molar-refractivity contribution in [1.29, 1.82) is 0 Å². The molecule has 8 nitrogen and oxygen atoms in total. The van der Waals surface area contributed by atoms with Crippen LogP contribution in [0.5, 0.6) is 5.88 Å². The average molecular weight is 530 g/mol. The zero-order chi connectivity index (χ0) is 27.3. The highest BCUT2D eigenvalue weighted by molar-refractivity contribution is 6.04. The minimum Gasteiger partial charge on any atom is -0.475 e. The quantitative estimate of drug-likeness (QED) is 0.423. The third-order valence-electron chi connectivity index (χ3n) is 6.19. The Morgan fingerprint density at radius 1 is 1.13 bits per heavy atom. The Kier molecular flexibility index (Phi) is 8.45. The maximum Gasteiger partial charge on any atom is 0.416 e. The Labute approximate surface area is 219 Å². The standard InChI is InChI=1S/C27H30F3N5O3/c1-4-6-18-7-8-19(13-22(18)27(28,29)30)25(36)32-20-14-21(17(3)31-16-20)23-15-24(26(34-33-23)38-5-2)35-9-11-37-12-10-35/h7-8,13-16H,4-6,9-12H2,1-3H3,(H,32,36). The fourth-order valence-corrected chi connectivity index (χ4v) is 4.31. The van der Waals surface area contributed by atoms with E-state index in [2.05, 4.69) is 25.4 Å². The number of nitrogens with one attached hydrogen (secondary N) is 1. The van der Waals surface area contributed by atoms with Crippen LogP contribution in [0.2, 0.25) is 0 Å². The van der Waals surface area contributed by atoms with Gasteiger partial charge in [-0.1, -0.05) is 19.4 Å². The van der Waals surface area contributed by atoms with Gasteiger partial charge < -0.3 is 19.7 Å². The number of aryl methyl sites for hydroxylation is 2. The van der Waals surface area contributed by atoms with Gasteiger partial charge in [-0.05, 0) is 50.1 Å². The molecule has 3 aromatic rings. The molecule has 38 heavy (non-hydrogen) atoms. The third kappa shape index (κ3) is 6.21. The molecule has 1 amide bonds. The number of halogens is 3. The fourth-order valence-electron chi connectivity index (χ4n) is 4.31. The van der Waals surface area contributed by atoms with Crippen LogP contribution in [0.1, 0.15) is 47.4 Å². The average Bonchev–Trinajstić information content (AvgIpc) is 2.90. The van der Waals surface area contributed by atoms with Crippen molar-refractivity contribution >= 4 is 17.3 Å². The smallest absolute Gasteiger partial charge is 0.416 e. The minimum atomic E-state index is -4.55. The van der Waals surface area contributed by atoms with Crippen LogP contribution in [0.15, 0.2) is 36.5 Å². The normalized spacial score (nSPS) is 13.9. The lowest BCUT2D eigenvalue weighted by Crippen LogP contribution is -2.36. The number of carbonyl (C=O) groups excluding carboxylic acids is 1. The van der Waals surface area contributed by atoms with Crippen molar-refractivity contribution < 1.29 is 27.4 Å². The van der Waals surface area contributed by atoms with Gasteiger partial charge in [-0.2, -0.15) is 13.2 Å². The molecule has 202 valence electrons. The van der Waals surface area contributed by atoms with Crippen LogP contribution in [0.3, 0.4) is 0 Å². The second kappa shape index (κ2) is 11.8. The first-order valence-electron chi connectivity index (χ1n) is 12.5. The topological polar surface area (TPSA) is 89.5 Å². The number of morpholine rings is 1. The largest absolute Gasteiger partial charge is 0.475 e. The number of hydrogen-bond acceptors (Lipinski definition) is 7. The lowest BCUT2D eigenvalue weighted by molar-refractivity contribution is -0.138. The number of ether oxygens (including phenoxy) is 2. The molecule has 1 saturated heterocycles. The molecule has 11 heteroatoms. The van der Waals surface area contributed by atoms with E-state index in [1.165, 1.54) is 18.3 Å². The van der Waals surface area contributed by atoms with Crippen LogP contribution in [0.25, 0.3) is 11.3 Å². The fraction of sp³-hybridized carbons (Fsp3) is 0.407. The van der Waals surface area contributed by atoms with Crippen LogP contribution >= 0.6 is 0 Å². The molecule has 0 radical (unpaired) electrons. The van der Waals surface area contributed by atoms with Crippen molar-refractivity contribution in [1.82, 2.24) is 15.2 Å². The summed E-state index contributed by atoms with van der Waals surface area (Å²) < 4.78 is 51.9. The minimum absolute atomic E-state index is 0.0882. The summed E-state index contributed by atoms with van der Waals surface area (Å²) in [5, 5.41) is 11.3. The summed E-state index contributed by atoms with van der Waals surface area (Å²) in [7, 11) is 0. The van der Waals surface area contributed by atoms with Crippen molar-refractivity contribution in [3.63, 3.8) is 0 Å². The second-order valence-corrected chi connectivity index (χ2v) is 8.88. The maximum absolute atomic E-state index is 13.6. The molecule has 1 N–H and O–H groups in total. The Morgan fingerprint density at radius 2 is 1.89 bits per heavy atom. The molecule has 0 unspecified atom stereocenters. The van der Waals surface area contributed by atoms with Gasteiger partial charge in [0, 0.05) is 29.9 Å². The van der Waals surface area contributed by atoms with Gasteiger partial charge in [0.15, 0.2) is 0 Å². The summed E-state index contributed by atoms with van der Waals surface area (Å²) in [6.45, 7) is 8.43. The number of benzene rings is 1. The van der Waals surface area contributed by atoms with Crippen LogP contribution in [0, 0.1) is 6.92 Å². The molecule has 0 saturated carbocycles. The monoisotopic (exact) mass is 529 g/mol. The summed E-state index contributed by atoms with van der Waals surface area (Å²) in [4.78, 5) is 19.4. The molecule has 1 fully saturated rings. The van der Waals surface area contributed by atoms with Gasteiger partial charge in [0.2, 0.25) is 0 Å². The Balaban J connectivity index is 1.63. The Bertz CT molecular complexity index is 1290. The van der Waals surface area contributed by atoms with E-state index in [0.717, 1.165) is 11.8 Å². The highest BCUT2D eigenvalue weighted by Crippen LogP contribution is 2.34. The van der Waals surface area contributed by atoms with E-state index < -0.39 is 17.6 Å². The number of aromatic nitrogens is 3. The summed E-state index contributed by atoms with van der Waals surface area (Å²) >= 11 is 0. The molecule has 1 aromatic carbocycles. The molecular formula is C27H30F3N5O3. The van der Waals surface area contributed by atoms with Gasteiger partial charge in [-0.25, -0.2) is 0 Å². The van der Waals surface area contributed by atoms with E-state index in [9.17, 15) is 18.0 Å². The van der Waals surface area contributed by atoms with Gasteiger partial charge >= 0.3 is 6.18 Å². The lowest BCUT2D eigenvalue weighted by Gasteiger charge is -2.29. The molecule has 3 heterocycles. The molecule has 2 aromatic heterocycles. The zero-order valence-corrected chi connectivity index (χ0v) is 21.6. The molecule has 0 atom stereocenters. The van der Waals surface area contributed by atoms with Crippen molar-refractivity contribution in [3.8, 4) is 17.1 Å². The molecule has 0 aliphatic carbocycles. The molecule has 0 bridgehead atoms. The number of rotatable bonds is 8. The zero-order valence-electron chi connectivity index (χ0n) is 21.6. The van der Waals surface area contributed by atoms with E-state index >= 15 is 0 Å². The molecule has 1 aliphatic rings. The molecule has 0 spiro atoms. The predicted octanol–water partition coefficient (Wildman–Crippen LogP) is 5.31. The Morgan fingerprint density at radius 3 is 2.58 bits per heavy atom. The van der Waals surface area contributed by atoms with E-state index in [4.69, 9.17) is 9.47 Å². The number of anilines is 2. The molecular weight excluding hydrogens is 499 g/mol. The first kappa shape index (κ1) is 27.3. The number of carbonyl (C=O) groups is 1. The van der Waals surface area contributed by atoms with Crippen molar-refractivity contribution in [2.24, 2.45) is 0 Å². The van der Waals surface area contributed by atoms with Gasteiger partial charge in [0.1, 0.15) is 5.69 Å². The number of alkyl halides is 3. The van der Waals surface area contributed by atoms with Crippen LogP contribution < -0.4 is 15.0 Å². The first-order valence-corrected chi connectivity index (χ1v) is 12.5. The summed E-state index contributed by atoms with van der Waals surface area (Å²) in [5.74, 6) is -0.248. The van der Waals surface area contributed by atoms with E-state index in [1.807, 2.05) is 13.0 Å². The molecule has 4 rings (SSSR count). The van der Waals surface area contributed by atoms with E-state index in [1.54, 1.807) is 19.9 Å². The van der Waals surface area contributed by atoms with Gasteiger partial charge in [0.05, 0.1) is 43.0 Å². The summed E-state index contributed by atoms with van der Waals surface area (Å²) in [5.41, 5.74) is 2.19. The van der Waals surface area contributed by atoms with Crippen LogP contribution in [0.4, 0.5) is 24.5 Å². The number of amides is 1. The van der Waals surface area contributed by atoms with E-state index in [0.29, 0.717) is 67.8 Å². The lowest BCUT2D eigenvalue weighted by atomic mass is 9.99. The SMILES string of the molecule is CCCc1ccc(C(=O)Nc2cnc(C)c(-c3cc(N4CCOCC4)c(OCC)nn3)c2)cc1C(F)(F)F. The first-order chi connectivity index (χ1) is 18.2. The highest BCUT2D eigenvalue weighted by atomic mass is 19.4. The van der Waals surface area contributed by atoms with Crippen LogP contribution in [-0.4, -0.2) is 54.0 Å². The second-order valence-electron chi connectivity index (χ2n) is 8.88. The van der Waals surface area contributed by atoms with Crippen molar-refractivity contribution in [2.45, 2.75) is 39.8 Å². The number of hydrogen-bond donors (Lipinski definition) is 1. The van der Waals surface area contributed by atoms with Gasteiger partial charge in [-0.3, -0.25) is 9.78 Å². The maximum atomic E-state index is 13.6. The van der Waals surface area contributed by atoms with E-state index in [-0.39, 0.29) is 17.5 Å². The third-order valence-corrected chi connectivity index (χ3v) is 6.19. The predicted molar refractivity (Wildman–Crippen MR) is 138 cm³/mol. The van der Waals surface area contributed by atoms with Gasteiger partial charge in [-0.15, -0.1) is 10.2 Å². The van der Waals surface area contributed by atoms with Crippen LogP contribution in [-0.2, 0) is 17.3 Å². The summed E-state index contributed by atoms with van der Waals surface area (Å²) in [6.07, 6.45) is -2.26. The van der Waals surface area contributed by atoms with Crippen molar-refractivity contribution in [3.05, 3.63) is 58.9 Å². The Hall–Kier alpha value is -3.73. The number of nitrogens with zero attached hydrogens (tertiary/aromatic N) is 4. The highest BCUT2D eigenvalue weighted by Gasteiger charge is 2.33.